The van der Waals surface area contributed by atoms with E-state index in [1.807, 2.05) is 6.07 Å². The van der Waals surface area contributed by atoms with Gasteiger partial charge in [-0.1, -0.05) is 19.1 Å². The SMILES string of the molecule is CCNCCCCN(C)Cc1cccc(F)c1. The van der Waals surface area contributed by atoms with Gasteiger partial charge in [0, 0.05) is 6.54 Å². The summed E-state index contributed by atoms with van der Waals surface area (Å²) in [5, 5.41) is 3.31. The minimum atomic E-state index is -0.150. The van der Waals surface area contributed by atoms with Gasteiger partial charge < -0.3 is 10.2 Å². The van der Waals surface area contributed by atoms with Gasteiger partial charge in [-0.3, -0.25) is 0 Å². The number of nitrogens with zero attached hydrogens (tertiary/aromatic N) is 1. The molecule has 2 nitrogen and oxygen atoms in total. The summed E-state index contributed by atoms with van der Waals surface area (Å²) in [6.07, 6.45) is 2.38. The van der Waals surface area contributed by atoms with E-state index in [-0.39, 0.29) is 5.82 Å². The van der Waals surface area contributed by atoms with Crippen molar-refractivity contribution in [3.63, 3.8) is 0 Å². The molecule has 1 N–H and O–H groups in total. The molecule has 0 atom stereocenters. The van der Waals surface area contributed by atoms with Crippen LogP contribution in [0, 0.1) is 5.82 Å². The van der Waals surface area contributed by atoms with Crippen LogP contribution >= 0.6 is 0 Å². The Kier molecular flexibility index (Phi) is 6.82. The molecule has 0 radical (unpaired) electrons. The van der Waals surface area contributed by atoms with Crippen LogP contribution in [0.4, 0.5) is 4.39 Å². The molecule has 0 unspecified atom stereocenters. The van der Waals surface area contributed by atoms with Crippen LogP contribution in [0.25, 0.3) is 0 Å². The molecule has 0 fully saturated rings. The normalized spacial score (nSPS) is 11.1. The number of halogens is 1. The highest BCUT2D eigenvalue weighted by Crippen LogP contribution is 2.06. The molecule has 1 rings (SSSR count). The summed E-state index contributed by atoms with van der Waals surface area (Å²) in [5.41, 5.74) is 1.04. The first kappa shape index (κ1) is 14.1. The Bertz CT molecular complexity index is 315. The predicted octanol–water partition coefficient (Wildman–Crippen LogP) is 2.65. The van der Waals surface area contributed by atoms with Gasteiger partial charge in [-0.25, -0.2) is 4.39 Å². The summed E-state index contributed by atoms with van der Waals surface area (Å²) in [4.78, 5) is 2.24. The molecule has 0 aliphatic heterocycles. The van der Waals surface area contributed by atoms with E-state index in [0.29, 0.717) is 0 Å². The first-order valence-corrected chi connectivity index (χ1v) is 6.36. The van der Waals surface area contributed by atoms with Crippen molar-refractivity contribution in [1.29, 1.82) is 0 Å². The predicted molar refractivity (Wildman–Crippen MR) is 70.5 cm³/mol. The van der Waals surface area contributed by atoms with Crippen LogP contribution in [0.3, 0.4) is 0 Å². The molecular weight excluding hydrogens is 215 g/mol. The Balaban J connectivity index is 2.18. The quantitative estimate of drug-likeness (QED) is 0.700. The second-order valence-electron chi connectivity index (χ2n) is 4.43. The van der Waals surface area contributed by atoms with Crippen molar-refractivity contribution in [3.8, 4) is 0 Å². The van der Waals surface area contributed by atoms with Crippen molar-refractivity contribution < 1.29 is 4.39 Å². The topological polar surface area (TPSA) is 15.3 Å². The molecule has 96 valence electrons. The summed E-state index contributed by atoms with van der Waals surface area (Å²) in [6, 6.07) is 6.83. The van der Waals surface area contributed by atoms with E-state index < -0.39 is 0 Å². The number of hydrogen-bond acceptors (Lipinski definition) is 2. The summed E-state index contributed by atoms with van der Waals surface area (Å²) in [7, 11) is 2.08. The zero-order valence-electron chi connectivity index (χ0n) is 10.9. The standard InChI is InChI=1S/C14H23FN2/c1-3-16-9-4-5-10-17(2)12-13-7-6-8-14(15)11-13/h6-8,11,16H,3-5,9-10,12H2,1-2H3. The second kappa shape index (κ2) is 8.20. The van der Waals surface area contributed by atoms with Gasteiger partial charge in [-0.05, 0) is 57.2 Å². The molecule has 0 saturated heterocycles. The Hall–Kier alpha value is -0.930. The van der Waals surface area contributed by atoms with E-state index in [0.717, 1.165) is 31.7 Å². The van der Waals surface area contributed by atoms with Crippen LogP contribution in [0.2, 0.25) is 0 Å². The van der Waals surface area contributed by atoms with Crippen LogP contribution < -0.4 is 5.32 Å². The molecule has 0 heterocycles. The van der Waals surface area contributed by atoms with E-state index in [9.17, 15) is 4.39 Å². The highest BCUT2D eigenvalue weighted by Gasteiger charge is 2.01. The Morgan fingerprint density at radius 1 is 1.29 bits per heavy atom. The average molecular weight is 238 g/mol. The summed E-state index contributed by atoms with van der Waals surface area (Å²) < 4.78 is 13.0. The Morgan fingerprint density at radius 3 is 2.82 bits per heavy atom. The van der Waals surface area contributed by atoms with E-state index in [4.69, 9.17) is 0 Å². The number of nitrogens with one attached hydrogen (secondary N) is 1. The van der Waals surface area contributed by atoms with Crippen LogP contribution in [-0.4, -0.2) is 31.6 Å². The van der Waals surface area contributed by atoms with Crippen LogP contribution in [0.15, 0.2) is 24.3 Å². The van der Waals surface area contributed by atoms with Gasteiger partial charge >= 0.3 is 0 Å². The zero-order valence-corrected chi connectivity index (χ0v) is 10.9. The number of unbranched alkanes of at least 4 members (excludes halogenated alkanes) is 1. The van der Waals surface area contributed by atoms with Gasteiger partial charge in [0.05, 0.1) is 0 Å². The van der Waals surface area contributed by atoms with Gasteiger partial charge in [0.15, 0.2) is 0 Å². The third kappa shape index (κ3) is 6.39. The molecule has 0 aromatic heterocycles. The van der Waals surface area contributed by atoms with Gasteiger partial charge in [0.2, 0.25) is 0 Å². The average Bonchev–Trinajstić information content (AvgIpc) is 2.29. The third-order valence-corrected chi connectivity index (χ3v) is 2.73. The Labute approximate surface area is 104 Å². The van der Waals surface area contributed by atoms with Crippen LogP contribution in [0.5, 0.6) is 0 Å². The van der Waals surface area contributed by atoms with Gasteiger partial charge in [-0.15, -0.1) is 0 Å². The minimum Gasteiger partial charge on any atom is -0.317 e. The lowest BCUT2D eigenvalue weighted by Gasteiger charge is -2.16. The summed E-state index contributed by atoms with van der Waals surface area (Å²) >= 11 is 0. The molecule has 0 aliphatic rings. The van der Waals surface area contributed by atoms with Crippen molar-refractivity contribution in [2.75, 3.05) is 26.7 Å². The van der Waals surface area contributed by atoms with Gasteiger partial charge in [0.25, 0.3) is 0 Å². The van der Waals surface area contributed by atoms with E-state index in [1.165, 1.54) is 18.9 Å². The molecule has 0 spiro atoms. The van der Waals surface area contributed by atoms with Crippen molar-refractivity contribution in [2.45, 2.75) is 26.3 Å². The second-order valence-corrected chi connectivity index (χ2v) is 4.43. The fourth-order valence-electron chi connectivity index (χ4n) is 1.83. The molecule has 17 heavy (non-hydrogen) atoms. The maximum atomic E-state index is 13.0. The summed E-state index contributed by atoms with van der Waals surface area (Å²) in [5.74, 6) is -0.150. The smallest absolute Gasteiger partial charge is 0.123 e. The van der Waals surface area contributed by atoms with Crippen LogP contribution in [0.1, 0.15) is 25.3 Å². The number of benzene rings is 1. The Morgan fingerprint density at radius 2 is 2.12 bits per heavy atom. The van der Waals surface area contributed by atoms with Crippen molar-refractivity contribution in [3.05, 3.63) is 35.6 Å². The largest absolute Gasteiger partial charge is 0.317 e. The van der Waals surface area contributed by atoms with E-state index in [2.05, 4.69) is 24.2 Å². The lowest BCUT2D eigenvalue weighted by atomic mass is 10.2. The number of hydrogen-bond donors (Lipinski definition) is 1. The van der Waals surface area contributed by atoms with E-state index >= 15 is 0 Å². The lowest BCUT2D eigenvalue weighted by Crippen LogP contribution is -2.21. The van der Waals surface area contributed by atoms with E-state index in [1.54, 1.807) is 12.1 Å². The lowest BCUT2D eigenvalue weighted by molar-refractivity contribution is 0.317. The monoisotopic (exact) mass is 238 g/mol. The molecule has 0 amide bonds. The molecule has 0 aliphatic carbocycles. The molecule has 3 heteroatoms. The van der Waals surface area contributed by atoms with Crippen molar-refractivity contribution in [2.24, 2.45) is 0 Å². The van der Waals surface area contributed by atoms with Gasteiger partial charge in [-0.2, -0.15) is 0 Å². The highest BCUT2D eigenvalue weighted by molar-refractivity contribution is 5.15. The first-order valence-electron chi connectivity index (χ1n) is 6.36. The minimum absolute atomic E-state index is 0.150. The fourth-order valence-corrected chi connectivity index (χ4v) is 1.83. The zero-order chi connectivity index (χ0) is 12.5. The molecule has 1 aromatic carbocycles. The van der Waals surface area contributed by atoms with Crippen molar-refractivity contribution in [1.82, 2.24) is 10.2 Å². The van der Waals surface area contributed by atoms with Crippen molar-refractivity contribution >= 4 is 0 Å². The summed E-state index contributed by atoms with van der Waals surface area (Å²) in [6.45, 7) is 6.13. The maximum absolute atomic E-state index is 13.0. The molecule has 0 bridgehead atoms. The highest BCUT2D eigenvalue weighted by atomic mass is 19.1. The van der Waals surface area contributed by atoms with Gasteiger partial charge in [0.1, 0.15) is 5.82 Å². The molecule has 1 aromatic rings. The number of rotatable bonds is 8. The molecular formula is C14H23FN2. The maximum Gasteiger partial charge on any atom is 0.123 e. The first-order chi connectivity index (χ1) is 8.22. The van der Waals surface area contributed by atoms with Crippen LogP contribution in [-0.2, 0) is 6.54 Å². The fraction of sp³-hybridized carbons (Fsp3) is 0.571. The third-order valence-electron chi connectivity index (χ3n) is 2.73. The molecule has 0 saturated carbocycles.